The van der Waals surface area contributed by atoms with E-state index in [1.165, 1.54) is 6.33 Å². The zero-order chi connectivity index (χ0) is 12.5. The largest absolute Gasteiger partial charge is 0.492 e. The smallest absolute Gasteiger partial charge is 0.239 e. The van der Waals surface area contributed by atoms with Crippen LogP contribution in [0.5, 0.6) is 5.88 Å². The van der Waals surface area contributed by atoms with Gasteiger partial charge in [0.1, 0.15) is 11.8 Å². The molecule has 0 aliphatic rings. The van der Waals surface area contributed by atoms with Crippen LogP contribution in [-0.2, 0) is 6.54 Å². The van der Waals surface area contributed by atoms with Gasteiger partial charge in [0.05, 0.1) is 19.3 Å². The van der Waals surface area contributed by atoms with Gasteiger partial charge in [-0.15, -0.1) is 0 Å². The van der Waals surface area contributed by atoms with E-state index in [1.807, 2.05) is 6.20 Å². The monoisotopic (exact) mass is 245 g/mol. The lowest BCUT2D eigenvalue weighted by atomic mass is 10.2. The van der Waals surface area contributed by atoms with Crippen molar-refractivity contribution in [2.75, 3.05) is 6.61 Å². The van der Waals surface area contributed by atoms with Gasteiger partial charge in [0.25, 0.3) is 0 Å². The van der Waals surface area contributed by atoms with Crippen LogP contribution in [0.25, 0.3) is 16.6 Å². The summed E-state index contributed by atoms with van der Waals surface area (Å²) in [4.78, 5) is 3.72. The van der Waals surface area contributed by atoms with Crippen LogP contribution in [0.15, 0.2) is 31.0 Å². The number of fused-ring (bicyclic) bond motifs is 1. The number of nitrogens with zero attached hydrogens (tertiary/aromatic N) is 5. The van der Waals surface area contributed by atoms with E-state index in [0.717, 1.165) is 11.1 Å². The van der Waals surface area contributed by atoms with E-state index >= 15 is 0 Å². The third kappa shape index (κ3) is 1.70. The molecule has 3 heterocycles. The number of hydrogen-bond donors (Lipinski definition) is 2. The molecule has 0 aromatic carbocycles. The molecule has 7 nitrogen and oxygen atoms in total. The Balaban J connectivity index is 2.05. The minimum Gasteiger partial charge on any atom is -0.492 e. The zero-order valence-corrected chi connectivity index (χ0v) is 9.43. The number of hydrogen-bond acceptors (Lipinski definition) is 5. The van der Waals surface area contributed by atoms with Crippen molar-refractivity contribution in [1.82, 2.24) is 24.4 Å². The molecule has 0 aliphatic carbocycles. The quantitative estimate of drug-likeness (QED) is 0.692. The van der Waals surface area contributed by atoms with Crippen LogP contribution in [0.1, 0.15) is 0 Å². The predicted molar refractivity (Wildman–Crippen MR) is 63.0 cm³/mol. The molecule has 0 unspecified atom stereocenters. The maximum Gasteiger partial charge on any atom is 0.239 e. The van der Waals surface area contributed by atoms with Crippen molar-refractivity contribution in [2.45, 2.75) is 6.54 Å². The van der Waals surface area contributed by atoms with E-state index in [2.05, 4.69) is 15.2 Å². The first-order chi connectivity index (χ1) is 8.78. The number of aromatic hydroxyl groups is 1. The van der Waals surface area contributed by atoms with E-state index in [-0.39, 0.29) is 12.5 Å². The average molecular weight is 245 g/mol. The topological polar surface area (TPSA) is 88.5 Å². The molecule has 0 spiro atoms. The summed E-state index contributed by atoms with van der Waals surface area (Å²) in [5.74, 6) is -0.0565. The molecule has 0 saturated carbocycles. The van der Waals surface area contributed by atoms with Crippen LogP contribution in [0.2, 0.25) is 0 Å². The van der Waals surface area contributed by atoms with Crippen molar-refractivity contribution in [1.29, 1.82) is 0 Å². The minimum absolute atomic E-state index is 0.0467. The molecular weight excluding hydrogens is 234 g/mol. The molecule has 0 amide bonds. The molecule has 18 heavy (non-hydrogen) atoms. The Kier molecular flexibility index (Phi) is 2.45. The van der Waals surface area contributed by atoms with Crippen LogP contribution in [0.4, 0.5) is 0 Å². The Hall–Kier alpha value is -2.41. The predicted octanol–water partition coefficient (Wildman–Crippen LogP) is 0.291. The normalized spacial score (nSPS) is 11.2. The third-order valence-electron chi connectivity index (χ3n) is 2.68. The van der Waals surface area contributed by atoms with Crippen LogP contribution >= 0.6 is 0 Å². The Morgan fingerprint density at radius 3 is 2.83 bits per heavy atom. The molecule has 0 bridgehead atoms. The summed E-state index contributed by atoms with van der Waals surface area (Å²) in [7, 11) is 0. The van der Waals surface area contributed by atoms with E-state index in [9.17, 15) is 5.11 Å². The lowest BCUT2D eigenvalue weighted by Crippen LogP contribution is -2.01. The summed E-state index contributed by atoms with van der Waals surface area (Å²) in [6.07, 6.45) is 6.61. The number of rotatable bonds is 3. The highest BCUT2D eigenvalue weighted by Crippen LogP contribution is 2.24. The molecule has 3 aromatic heterocycles. The van der Waals surface area contributed by atoms with Crippen LogP contribution < -0.4 is 0 Å². The maximum absolute atomic E-state index is 9.60. The van der Waals surface area contributed by atoms with Gasteiger partial charge in [0.15, 0.2) is 0 Å². The molecule has 0 aliphatic heterocycles. The zero-order valence-electron chi connectivity index (χ0n) is 9.43. The van der Waals surface area contributed by atoms with Crippen molar-refractivity contribution < 1.29 is 10.2 Å². The Morgan fingerprint density at radius 2 is 2.06 bits per heavy atom. The summed E-state index contributed by atoms with van der Waals surface area (Å²) in [6.45, 7) is 0.504. The highest BCUT2D eigenvalue weighted by molar-refractivity contribution is 5.71. The second-order valence-electron chi connectivity index (χ2n) is 3.86. The van der Waals surface area contributed by atoms with Gasteiger partial charge in [-0.3, -0.25) is 4.68 Å². The lowest BCUT2D eigenvalue weighted by Gasteiger charge is -1.94. The van der Waals surface area contributed by atoms with Crippen molar-refractivity contribution >= 4 is 5.52 Å². The fourth-order valence-electron chi connectivity index (χ4n) is 1.81. The molecule has 0 fully saturated rings. The fourth-order valence-corrected chi connectivity index (χ4v) is 1.81. The Bertz CT molecular complexity index is 688. The molecule has 7 heteroatoms. The molecule has 0 radical (unpaired) electrons. The van der Waals surface area contributed by atoms with Crippen LogP contribution in [-0.4, -0.2) is 41.2 Å². The molecule has 92 valence electrons. The number of aromatic nitrogens is 5. The molecule has 0 saturated heterocycles. The van der Waals surface area contributed by atoms with E-state index in [0.29, 0.717) is 12.1 Å². The minimum atomic E-state index is -0.0565. The molecule has 0 atom stereocenters. The fraction of sp³-hybridized carbons (Fsp3) is 0.182. The summed E-state index contributed by atoms with van der Waals surface area (Å²) in [5.41, 5.74) is 2.32. The van der Waals surface area contributed by atoms with Gasteiger partial charge in [-0.2, -0.15) is 15.2 Å². The highest BCUT2D eigenvalue weighted by atomic mass is 16.3. The van der Waals surface area contributed by atoms with Gasteiger partial charge in [-0.05, 0) is 6.07 Å². The molecular formula is C11H11N5O2. The van der Waals surface area contributed by atoms with Crippen molar-refractivity contribution in [2.24, 2.45) is 0 Å². The van der Waals surface area contributed by atoms with Gasteiger partial charge in [-0.1, -0.05) is 0 Å². The van der Waals surface area contributed by atoms with Crippen molar-refractivity contribution in [3.8, 4) is 17.0 Å². The van der Waals surface area contributed by atoms with Gasteiger partial charge < -0.3 is 10.2 Å². The van der Waals surface area contributed by atoms with Gasteiger partial charge in [0, 0.05) is 23.5 Å². The summed E-state index contributed by atoms with van der Waals surface area (Å²) in [6, 6.07) is 1.79. The van der Waals surface area contributed by atoms with Crippen molar-refractivity contribution in [3.63, 3.8) is 0 Å². The first-order valence-corrected chi connectivity index (χ1v) is 5.44. The number of aliphatic hydroxyl groups is 1. The second kappa shape index (κ2) is 4.11. The Labute approximate surface area is 102 Å². The maximum atomic E-state index is 9.60. The molecule has 3 rings (SSSR count). The Morgan fingerprint density at radius 1 is 1.17 bits per heavy atom. The first-order valence-electron chi connectivity index (χ1n) is 5.44. The SMILES string of the molecule is OCCn1cc(-c2cc3c(O)ncnn3c2)cn1. The molecule has 3 aromatic rings. The van der Waals surface area contributed by atoms with E-state index in [1.54, 1.807) is 27.7 Å². The molecule has 2 N–H and O–H groups in total. The van der Waals surface area contributed by atoms with E-state index < -0.39 is 0 Å². The summed E-state index contributed by atoms with van der Waals surface area (Å²) >= 11 is 0. The van der Waals surface area contributed by atoms with Gasteiger partial charge in [0.2, 0.25) is 5.88 Å². The van der Waals surface area contributed by atoms with Gasteiger partial charge in [-0.25, -0.2) is 4.52 Å². The highest BCUT2D eigenvalue weighted by Gasteiger charge is 2.08. The lowest BCUT2D eigenvalue weighted by molar-refractivity contribution is 0.269. The average Bonchev–Trinajstić information content (AvgIpc) is 2.96. The number of aliphatic hydroxyl groups excluding tert-OH is 1. The summed E-state index contributed by atoms with van der Waals surface area (Å²) in [5, 5.41) is 26.6. The van der Waals surface area contributed by atoms with Gasteiger partial charge >= 0.3 is 0 Å². The summed E-state index contributed by atoms with van der Waals surface area (Å²) < 4.78 is 3.21. The van der Waals surface area contributed by atoms with Crippen LogP contribution in [0, 0.1) is 0 Å². The van der Waals surface area contributed by atoms with Crippen molar-refractivity contribution in [3.05, 3.63) is 31.0 Å². The first kappa shape index (κ1) is 10.7. The van der Waals surface area contributed by atoms with E-state index in [4.69, 9.17) is 5.11 Å². The van der Waals surface area contributed by atoms with Crippen LogP contribution in [0.3, 0.4) is 0 Å². The standard InChI is InChI=1S/C11H11N5O2/c17-2-1-15-5-9(4-13-15)8-3-10-11(18)12-7-14-16(10)6-8/h3-7,17H,1-2H2,(H,12,14,18). The third-order valence-corrected chi connectivity index (χ3v) is 2.68. The second-order valence-corrected chi connectivity index (χ2v) is 3.86.